The standard InChI is InChI=1S/C8H7BrO2S/c1-11-8(10)5-2-3-7(12)6(9)4-5/h2-4,12H,1H3. The van der Waals surface area contributed by atoms with Crippen LogP contribution in [0, 0.1) is 0 Å². The van der Waals surface area contributed by atoms with Crippen molar-refractivity contribution in [3.05, 3.63) is 28.2 Å². The third kappa shape index (κ3) is 2.01. The van der Waals surface area contributed by atoms with Gasteiger partial charge in [0.2, 0.25) is 0 Å². The van der Waals surface area contributed by atoms with Crippen molar-refractivity contribution in [3.63, 3.8) is 0 Å². The molecule has 1 aromatic rings. The summed E-state index contributed by atoms with van der Waals surface area (Å²) in [4.78, 5) is 11.8. The average Bonchev–Trinajstić information content (AvgIpc) is 2.08. The van der Waals surface area contributed by atoms with Crippen molar-refractivity contribution in [1.82, 2.24) is 0 Å². The molecule has 0 radical (unpaired) electrons. The highest BCUT2D eigenvalue weighted by Crippen LogP contribution is 2.21. The molecule has 4 heteroatoms. The number of thiol groups is 1. The van der Waals surface area contributed by atoms with Crippen LogP contribution in [0.1, 0.15) is 10.4 Å². The largest absolute Gasteiger partial charge is 0.465 e. The topological polar surface area (TPSA) is 26.3 Å². The Morgan fingerprint density at radius 3 is 2.75 bits per heavy atom. The third-order valence-electron chi connectivity index (χ3n) is 1.37. The molecule has 0 unspecified atom stereocenters. The second-order valence-electron chi connectivity index (χ2n) is 2.16. The summed E-state index contributed by atoms with van der Waals surface area (Å²) in [5.74, 6) is -0.343. The zero-order valence-corrected chi connectivity index (χ0v) is 8.85. The Kier molecular flexibility index (Phi) is 3.17. The van der Waals surface area contributed by atoms with Crippen LogP contribution in [0.2, 0.25) is 0 Å². The molecule has 0 N–H and O–H groups in total. The third-order valence-corrected chi connectivity index (χ3v) is 2.72. The van der Waals surface area contributed by atoms with E-state index in [4.69, 9.17) is 0 Å². The SMILES string of the molecule is COC(=O)c1ccc(S)c(Br)c1. The first-order chi connectivity index (χ1) is 5.65. The van der Waals surface area contributed by atoms with E-state index in [1.54, 1.807) is 18.2 Å². The van der Waals surface area contributed by atoms with E-state index in [1.165, 1.54) is 7.11 Å². The van der Waals surface area contributed by atoms with E-state index < -0.39 is 0 Å². The summed E-state index contributed by atoms with van der Waals surface area (Å²) >= 11 is 7.40. The number of esters is 1. The molecule has 2 nitrogen and oxygen atoms in total. The Labute approximate surface area is 84.5 Å². The second-order valence-corrected chi connectivity index (χ2v) is 3.49. The number of hydrogen-bond acceptors (Lipinski definition) is 3. The first kappa shape index (κ1) is 9.61. The lowest BCUT2D eigenvalue weighted by Crippen LogP contribution is -2.00. The minimum atomic E-state index is -0.343. The van der Waals surface area contributed by atoms with Crippen LogP contribution in [0.15, 0.2) is 27.6 Å². The summed E-state index contributed by atoms with van der Waals surface area (Å²) < 4.78 is 5.33. The molecule has 0 bridgehead atoms. The molecule has 1 aromatic carbocycles. The van der Waals surface area contributed by atoms with Crippen LogP contribution in [0.25, 0.3) is 0 Å². The lowest BCUT2D eigenvalue weighted by molar-refractivity contribution is 0.0600. The number of ether oxygens (including phenoxy) is 1. The summed E-state index contributed by atoms with van der Waals surface area (Å²) in [5.41, 5.74) is 0.516. The maximum Gasteiger partial charge on any atom is 0.337 e. The predicted octanol–water partition coefficient (Wildman–Crippen LogP) is 2.52. The van der Waals surface area contributed by atoms with Gasteiger partial charge in [-0.3, -0.25) is 0 Å². The summed E-state index contributed by atoms with van der Waals surface area (Å²) in [5, 5.41) is 0. The van der Waals surface area contributed by atoms with E-state index in [2.05, 4.69) is 33.3 Å². The van der Waals surface area contributed by atoms with Gasteiger partial charge in [0.15, 0.2) is 0 Å². The van der Waals surface area contributed by atoms with Crippen molar-refractivity contribution in [3.8, 4) is 0 Å². The minimum Gasteiger partial charge on any atom is -0.465 e. The number of benzene rings is 1. The van der Waals surface area contributed by atoms with Gasteiger partial charge in [0.1, 0.15) is 0 Å². The molecule has 0 aromatic heterocycles. The number of carbonyl (C=O) groups excluding carboxylic acids is 1. The molecule has 0 aliphatic rings. The summed E-state index contributed by atoms with van der Waals surface area (Å²) in [6.07, 6.45) is 0. The van der Waals surface area contributed by atoms with Crippen LogP contribution < -0.4 is 0 Å². The predicted molar refractivity (Wildman–Crippen MR) is 52.7 cm³/mol. The first-order valence-electron chi connectivity index (χ1n) is 3.22. The van der Waals surface area contributed by atoms with E-state index in [1.807, 2.05) is 0 Å². The lowest BCUT2D eigenvalue weighted by atomic mass is 10.2. The van der Waals surface area contributed by atoms with E-state index >= 15 is 0 Å². The molecule has 0 aliphatic heterocycles. The molecule has 0 aliphatic carbocycles. The number of rotatable bonds is 1. The van der Waals surface area contributed by atoms with Crippen LogP contribution in [-0.2, 0) is 4.74 Å². The highest BCUT2D eigenvalue weighted by Gasteiger charge is 2.05. The Morgan fingerprint density at radius 1 is 1.58 bits per heavy atom. The monoisotopic (exact) mass is 246 g/mol. The van der Waals surface area contributed by atoms with Gasteiger partial charge in [0.25, 0.3) is 0 Å². The fourth-order valence-corrected chi connectivity index (χ4v) is 1.27. The van der Waals surface area contributed by atoms with E-state index in [9.17, 15) is 4.79 Å². The second kappa shape index (κ2) is 3.96. The van der Waals surface area contributed by atoms with Crippen molar-refractivity contribution in [2.75, 3.05) is 7.11 Å². The fraction of sp³-hybridized carbons (Fsp3) is 0.125. The summed E-state index contributed by atoms with van der Waals surface area (Å²) in [6.45, 7) is 0. The van der Waals surface area contributed by atoms with Gasteiger partial charge in [-0.25, -0.2) is 4.79 Å². The highest BCUT2D eigenvalue weighted by molar-refractivity contribution is 9.10. The molecule has 0 saturated heterocycles. The van der Waals surface area contributed by atoms with Crippen molar-refractivity contribution < 1.29 is 9.53 Å². The molecule has 1 rings (SSSR count). The number of methoxy groups -OCH3 is 1. The maximum atomic E-state index is 11.0. The van der Waals surface area contributed by atoms with E-state index in [0.717, 1.165) is 9.37 Å². The molecular formula is C8H7BrO2S. The van der Waals surface area contributed by atoms with Gasteiger partial charge in [0, 0.05) is 9.37 Å². The van der Waals surface area contributed by atoms with Gasteiger partial charge < -0.3 is 4.74 Å². The Hall–Kier alpha value is -0.480. The molecule has 12 heavy (non-hydrogen) atoms. The lowest BCUT2D eigenvalue weighted by Gasteiger charge is -2.00. The number of carbonyl (C=O) groups is 1. The molecule has 64 valence electrons. The zero-order valence-electron chi connectivity index (χ0n) is 6.37. The van der Waals surface area contributed by atoms with Gasteiger partial charge >= 0.3 is 5.97 Å². The van der Waals surface area contributed by atoms with E-state index in [-0.39, 0.29) is 5.97 Å². The Morgan fingerprint density at radius 2 is 2.25 bits per heavy atom. The molecule has 0 heterocycles. The van der Waals surface area contributed by atoms with Gasteiger partial charge in [-0.15, -0.1) is 12.6 Å². The highest BCUT2D eigenvalue weighted by atomic mass is 79.9. The van der Waals surface area contributed by atoms with Gasteiger partial charge in [-0.2, -0.15) is 0 Å². The zero-order chi connectivity index (χ0) is 9.14. The summed E-state index contributed by atoms with van der Waals surface area (Å²) in [7, 11) is 1.35. The fourth-order valence-electron chi connectivity index (χ4n) is 0.752. The first-order valence-corrected chi connectivity index (χ1v) is 4.46. The molecule has 0 amide bonds. The Balaban J connectivity index is 3.05. The van der Waals surface area contributed by atoms with Crippen molar-refractivity contribution in [2.45, 2.75) is 4.90 Å². The summed E-state index contributed by atoms with van der Waals surface area (Å²) in [6, 6.07) is 5.08. The van der Waals surface area contributed by atoms with Crippen molar-refractivity contribution >= 4 is 34.5 Å². The maximum absolute atomic E-state index is 11.0. The minimum absolute atomic E-state index is 0.343. The van der Waals surface area contributed by atoms with Crippen LogP contribution in [-0.4, -0.2) is 13.1 Å². The van der Waals surface area contributed by atoms with Crippen molar-refractivity contribution in [1.29, 1.82) is 0 Å². The molecule has 0 saturated carbocycles. The molecule has 0 atom stereocenters. The number of hydrogen-bond donors (Lipinski definition) is 1. The van der Waals surface area contributed by atoms with Crippen LogP contribution in [0.4, 0.5) is 0 Å². The molecule has 0 fully saturated rings. The van der Waals surface area contributed by atoms with Gasteiger partial charge in [-0.05, 0) is 34.1 Å². The smallest absolute Gasteiger partial charge is 0.337 e. The van der Waals surface area contributed by atoms with Crippen LogP contribution in [0.3, 0.4) is 0 Å². The van der Waals surface area contributed by atoms with Gasteiger partial charge in [-0.1, -0.05) is 0 Å². The van der Waals surface area contributed by atoms with E-state index in [0.29, 0.717) is 5.56 Å². The molecule has 0 spiro atoms. The normalized spacial score (nSPS) is 9.58. The van der Waals surface area contributed by atoms with Crippen LogP contribution >= 0.6 is 28.6 Å². The Bertz CT molecular complexity index is 312. The van der Waals surface area contributed by atoms with Crippen molar-refractivity contribution in [2.24, 2.45) is 0 Å². The average molecular weight is 247 g/mol. The molecular weight excluding hydrogens is 240 g/mol. The van der Waals surface area contributed by atoms with Crippen LogP contribution in [0.5, 0.6) is 0 Å². The quantitative estimate of drug-likeness (QED) is 0.609. The van der Waals surface area contributed by atoms with Gasteiger partial charge in [0.05, 0.1) is 12.7 Å². The number of halogens is 1.